The normalized spacial score (nSPS) is 25.5. The second-order valence-electron chi connectivity index (χ2n) is 5.25. The Morgan fingerprint density at radius 2 is 2.24 bits per heavy atom. The molecule has 17 heavy (non-hydrogen) atoms. The van der Waals surface area contributed by atoms with Crippen LogP contribution in [0, 0.1) is 11.3 Å². The lowest BCUT2D eigenvalue weighted by Crippen LogP contribution is -2.49. The Morgan fingerprint density at radius 1 is 1.59 bits per heavy atom. The number of amides is 1. The summed E-state index contributed by atoms with van der Waals surface area (Å²) in [6.45, 7) is 6.13. The van der Waals surface area contributed by atoms with E-state index >= 15 is 0 Å². The summed E-state index contributed by atoms with van der Waals surface area (Å²) in [5, 5.41) is 8.42. The molecule has 0 unspecified atom stereocenters. The molecule has 96 valence electrons. The maximum absolute atomic E-state index is 13.8. The van der Waals surface area contributed by atoms with Crippen LogP contribution < -0.4 is 0 Å². The molecule has 0 aromatic rings. The predicted octanol–water partition coefficient (Wildman–Crippen LogP) is 1.65. The van der Waals surface area contributed by atoms with Gasteiger partial charge in [0.1, 0.15) is 12.6 Å². The molecule has 0 aromatic carbocycles. The molecule has 0 saturated carbocycles. The molecule has 2 atom stereocenters. The smallest absolute Gasteiger partial charge is 0.236 e. The molecular weight excluding hydrogens is 223 g/mol. The zero-order valence-corrected chi connectivity index (χ0v) is 10.6. The van der Waals surface area contributed by atoms with Crippen LogP contribution in [0.3, 0.4) is 0 Å². The molecule has 0 N–H and O–H groups in total. The molecule has 1 fully saturated rings. The van der Waals surface area contributed by atoms with Crippen LogP contribution in [0.4, 0.5) is 4.39 Å². The fourth-order valence-electron chi connectivity index (χ4n) is 1.88. The Morgan fingerprint density at radius 3 is 2.71 bits per heavy atom. The number of rotatable bonds is 2. The summed E-state index contributed by atoms with van der Waals surface area (Å²) in [6, 6.07) is 1.78. The van der Waals surface area contributed by atoms with Crippen LogP contribution in [0.15, 0.2) is 0 Å². The number of ether oxygens (including phenoxy) is 1. The van der Waals surface area contributed by atoms with Crippen LogP contribution in [-0.2, 0) is 9.53 Å². The predicted molar refractivity (Wildman–Crippen MR) is 60.9 cm³/mol. The summed E-state index contributed by atoms with van der Waals surface area (Å²) in [7, 11) is 0. The van der Waals surface area contributed by atoms with E-state index in [1.807, 2.05) is 20.8 Å². The lowest BCUT2D eigenvalue weighted by Gasteiger charge is -2.37. The largest absolute Gasteiger partial charge is 0.369 e. The van der Waals surface area contributed by atoms with Crippen molar-refractivity contribution in [3.05, 3.63) is 0 Å². The zero-order valence-electron chi connectivity index (χ0n) is 10.6. The van der Waals surface area contributed by atoms with Gasteiger partial charge in [-0.25, -0.2) is 4.39 Å². The second kappa shape index (κ2) is 5.46. The summed E-state index contributed by atoms with van der Waals surface area (Å²) in [6.07, 6.45) is -1.33. The standard InChI is InChI=1S/C12H19FN2O2/c1-12(2,3)17-10-5-7-15(8-9(10)13)11(16)4-6-14/h9-10H,4-5,7-8H2,1-3H3/t9-,10+/m1/s1. The summed E-state index contributed by atoms with van der Waals surface area (Å²) in [4.78, 5) is 12.8. The minimum Gasteiger partial charge on any atom is -0.369 e. The lowest BCUT2D eigenvalue weighted by atomic mass is 10.0. The highest BCUT2D eigenvalue weighted by atomic mass is 19.1. The van der Waals surface area contributed by atoms with Crippen molar-refractivity contribution in [2.24, 2.45) is 0 Å². The minimum atomic E-state index is -1.18. The van der Waals surface area contributed by atoms with Crippen molar-refractivity contribution in [1.29, 1.82) is 5.26 Å². The van der Waals surface area contributed by atoms with E-state index in [0.29, 0.717) is 13.0 Å². The fraction of sp³-hybridized carbons (Fsp3) is 0.833. The van der Waals surface area contributed by atoms with Gasteiger partial charge in [-0.1, -0.05) is 0 Å². The zero-order chi connectivity index (χ0) is 13.1. The SMILES string of the molecule is CC(C)(C)O[C@H]1CCN(C(=O)CC#N)C[C@H]1F. The van der Waals surface area contributed by atoms with Crippen molar-refractivity contribution in [3.63, 3.8) is 0 Å². The maximum atomic E-state index is 13.8. The second-order valence-corrected chi connectivity index (χ2v) is 5.25. The van der Waals surface area contributed by atoms with E-state index in [2.05, 4.69) is 0 Å². The summed E-state index contributed by atoms with van der Waals surface area (Å²) in [5.41, 5.74) is -0.381. The number of carbonyl (C=O) groups excluding carboxylic acids is 1. The first-order valence-electron chi connectivity index (χ1n) is 5.80. The highest BCUT2D eigenvalue weighted by Gasteiger charge is 2.34. The van der Waals surface area contributed by atoms with E-state index in [4.69, 9.17) is 10.00 Å². The molecular formula is C12H19FN2O2. The van der Waals surface area contributed by atoms with Gasteiger partial charge in [-0.2, -0.15) is 5.26 Å². The summed E-state index contributed by atoms with van der Waals surface area (Å²) in [5.74, 6) is -0.302. The number of nitrogens with zero attached hydrogens (tertiary/aromatic N) is 2. The van der Waals surface area contributed by atoms with Gasteiger partial charge >= 0.3 is 0 Å². The fourth-order valence-corrected chi connectivity index (χ4v) is 1.88. The van der Waals surface area contributed by atoms with E-state index < -0.39 is 12.3 Å². The number of alkyl halides is 1. The van der Waals surface area contributed by atoms with Gasteiger partial charge in [0, 0.05) is 6.54 Å². The molecule has 1 aliphatic heterocycles. The van der Waals surface area contributed by atoms with E-state index in [9.17, 15) is 9.18 Å². The average Bonchev–Trinajstić information content (AvgIpc) is 2.19. The molecule has 1 rings (SSSR count). The van der Waals surface area contributed by atoms with Crippen molar-refractivity contribution in [1.82, 2.24) is 4.90 Å². The van der Waals surface area contributed by atoms with E-state index in [1.165, 1.54) is 4.90 Å². The van der Waals surface area contributed by atoms with Crippen LogP contribution >= 0.6 is 0 Å². The Bertz CT molecular complexity index is 319. The van der Waals surface area contributed by atoms with Gasteiger partial charge in [-0.15, -0.1) is 0 Å². The van der Waals surface area contributed by atoms with Crippen LogP contribution in [-0.4, -0.2) is 41.8 Å². The maximum Gasteiger partial charge on any atom is 0.236 e. The van der Waals surface area contributed by atoms with Crippen molar-refractivity contribution >= 4 is 5.91 Å². The number of halogens is 1. The van der Waals surface area contributed by atoms with Gasteiger partial charge in [0.05, 0.1) is 24.3 Å². The quantitative estimate of drug-likeness (QED) is 0.740. The van der Waals surface area contributed by atoms with Crippen molar-refractivity contribution < 1.29 is 13.9 Å². The van der Waals surface area contributed by atoms with Crippen LogP contribution in [0.5, 0.6) is 0 Å². The molecule has 1 saturated heterocycles. The molecule has 1 heterocycles. The summed E-state index contributed by atoms with van der Waals surface area (Å²) < 4.78 is 19.4. The van der Waals surface area contributed by atoms with Crippen LogP contribution in [0.1, 0.15) is 33.6 Å². The first-order valence-corrected chi connectivity index (χ1v) is 5.80. The monoisotopic (exact) mass is 242 g/mol. The Balaban J connectivity index is 2.50. The topological polar surface area (TPSA) is 53.3 Å². The number of hydrogen-bond acceptors (Lipinski definition) is 3. The van der Waals surface area contributed by atoms with E-state index in [-0.39, 0.29) is 24.5 Å². The van der Waals surface area contributed by atoms with Gasteiger partial charge in [0.25, 0.3) is 0 Å². The van der Waals surface area contributed by atoms with Gasteiger partial charge in [-0.05, 0) is 27.2 Å². The molecule has 0 bridgehead atoms. The minimum absolute atomic E-state index is 0.0290. The lowest BCUT2D eigenvalue weighted by molar-refractivity contribution is -0.142. The van der Waals surface area contributed by atoms with Crippen molar-refractivity contribution in [2.75, 3.05) is 13.1 Å². The first-order chi connectivity index (χ1) is 7.83. The van der Waals surface area contributed by atoms with Gasteiger partial charge in [0.2, 0.25) is 5.91 Å². The van der Waals surface area contributed by atoms with Crippen molar-refractivity contribution in [2.45, 2.75) is 51.5 Å². The highest BCUT2D eigenvalue weighted by Crippen LogP contribution is 2.22. The molecule has 1 amide bonds. The molecule has 5 heteroatoms. The van der Waals surface area contributed by atoms with Crippen molar-refractivity contribution in [3.8, 4) is 6.07 Å². The molecule has 4 nitrogen and oxygen atoms in total. The molecule has 0 aliphatic carbocycles. The number of nitriles is 1. The molecule has 0 spiro atoms. The number of hydrogen-bond donors (Lipinski definition) is 0. The van der Waals surface area contributed by atoms with Gasteiger partial charge in [-0.3, -0.25) is 4.79 Å². The molecule has 0 radical (unpaired) electrons. The van der Waals surface area contributed by atoms with Gasteiger partial charge in [0.15, 0.2) is 0 Å². The van der Waals surface area contributed by atoms with E-state index in [0.717, 1.165) is 0 Å². The third-order valence-corrected chi connectivity index (χ3v) is 2.57. The highest BCUT2D eigenvalue weighted by molar-refractivity contribution is 5.78. The van der Waals surface area contributed by atoms with Gasteiger partial charge < -0.3 is 9.64 Å². The Kier molecular flexibility index (Phi) is 4.47. The van der Waals surface area contributed by atoms with Crippen LogP contribution in [0.25, 0.3) is 0 Å². The molecule has 1 aliphatic rings. The third-order valence-electron chi connectivity index (χ3n) is 2.57. The Labute approximate surface area is 101 Å². The first kappa shape index (κ1) is 13.9. The third kappa shape index (κ3) is 4.31. The van der Waals surface area contributed by atoms with Crippen LogP contribution in [0.2, 0.25) is 0 Å². The number of carbonyl (C=O) groups is 1. The Hall–Kier alpha value is -1.15. The average molecular weight is 242 g/mol. The number of piperidine rings is 1. The summed E-state index contributed by atoms with van der Waals surface area (Å²) >= 11 is 0. The number of likely N-dealkylation sites (tertiary alicyclic amines) is 1. The molecule has 0 aromatic heterocycles. The van der Waals surface area contributed by atoms with E-state index in [1.54, 1.807) is 6.07 Å².